The minimum Gasteiger partial charge on any atom is -0.387 e. The Bertz CT molecular complexity index is 802. The molecular weight excluding hydrogens is 324 g/mol. The Morgan fingerprint density at radius 2 is 1.77 bits per heavy atom. The van der Waals surface area contributed by atoms with Gasteiger partial charge in [-0.25, -0.2) is 0 Å². The van der Waals surface area contributed by atoms with E-state index in [0.717, 1.165) is 0 Å². The Morgan fingerprint density at radius 3 is 2.35 bits per heavy atom. The third kappa shape index (κ3) is 4.51. The van der Waals surface area contributed by atoms with Gasteiger partial charge in [0.05, 0.1) is 7.45 Å². The lowest BCUT2D eigenvalue weighted by molar-refractivity contribution is -0.119. The summed E-state index contributed by atoms with van der Waals surface area (Å²) in [5.74, 6) is -0.538. The summed E-state index contributed by atoms with van der Waals surface area (Å²) in [7, 11) is 0. The molecule has 1 saturated heterocycles. The molecule has 3 rings (SSSR count). The standard InChI is InChI=1S/C22H28N2O2/c1-2-22(26)24(19-11-7-4-8-12-19)20-13-15-23(16-14-20)17-21(25)18-9-5-3-6-10-18/h3-12,20-21,25H,2,13-17H2,1H3/i2D2,21D. The summed E-state index contributed by atoms with van der Waals surface area (Å²) in [4.78, 5) is 16.4. The quantitative estimate of drug-likeness (QED) is 0.860. The zero-order valence-corrected chi connectivity index (χ0v) is 15.1. The van der Waals surface area contributed by atoms with E-state index < -0.39 is 18.4 Å². The number of piperidine rings is 1. The van der Waals surface area contributed by atoms with Crippen LogP contribution in [0, 0.1) is 0 Å². The molecule has 0 saturated carbocycles. The summed E-state index contributed by atoms with van der Waals surface area (Å²) in [6.07, 6.45) is -2.34. The van der Waals surface area contributed by atoms with Crippen LogP contribution >= 0.6 is 0 Å². The first kappa shape index (κ1) is 14.9. The molecule has 0 aliphatic carbocycles. The topological polar surface area (TPSA) is 43.8 Å². The Morgan fingerprint density at radius 1 is 1.19 bits per heavy atom. The number of amides is 1. The maximum atomic E-state index is 12.8. The Kier molecular flexibility index (Phi) is 5.15. The molecule has 1 heterocycles. The largest absolute Gasteiger partial charge is 0.387 e. The zero-order chi connectivity index (χ0) is 21.1. The average Bonchev–Trinajstić information content (AvgIpc) is 2.70. The number of nitrogens with zero attached hydrogens (tertiary/aromatic N) is 2. The van der Waals surface area contributed by atoms with Crippen molar-refractivity contribution in [2.24, 2.45) is 0 Å². The molecule has 1 aliphatic heterocycles. The maximum Gasteiger partial charge on any atom is 0.226 e. The zero-order valence-electron chi connectivity index (χ0n) is 18.1. The van der Waals surface area contributed by atoms with Crippen LogP contribution in [0.2, 0.25) is 0 Å². The summed E-state index contributed by atoms with van der Waals surface area (Å²) < 4.78 is 24.1. The lowest BCUT2D eigenvalue weighted by Crippen LogP contribution is -2.48. The molecular formula is C22H28N2O2. The highest BCUT2D eigenvalue weighted by atomic mass is 16.3. The minimum absolute atomic E-state index is 0.119. The highest BCUT2D eigenvalue weighted by molar-refractivity contribution is 5.93. The highest BCUT2D eigenvalue weighted by Crippen LogP contribution is 2.25. The van der Waals surface area contributed by atoms with Gasteiger partial charge in [-0.05, 0) is 30.5 Å². The van der Waals surface area contributed by atoms with Gasteiger partial charge in [0.15, 0.2) is 0 Å². The maximum absolute atomic E-state index is 12.8. The van der Waals surface area contributed by atoms with Gasteiger partial charge in [-0.1, -0.05) is 55.5 Å². The van der Waals surface area contributed by atoms with Gasteiger partial charge < -0.3 is 14.9 Å². The Hall–Kier alpha value is -2.17. The van der Waals surface area contributed by atoms with E-state index in [2.05, 4.69) is 0 Å². The average molecular weight is 355 g/mol. The van der Waals surface area contributed by atoms with Crippen molar-refractivity contribution in [1.82, 2.24) is 4.90 Å². The van der Waals surface area contributed by atoms with E-state index in [4.69, 9.17) is 4.11 Å². The molecule has 0 radical (unpaired) electrons. The summed E-state index contributed by atoms with van der Waals surface area (Å²) >= 11 is 0. The molecule has 1 amide bonds. The van der Waals surface area contributed by atoms with Crippen LogP contribution in [0.3, 0.4) is 0 Å². The van der Waals surface area contributed by atoms with E-state index in [9.17, 15) is 9.90 Å². The first-order valence-electron chi connectivity index (χ1n) is 10.6. The second-order valence-electron chi connectivity index (χ2n) is 6.58. The molecule has 138 valence electrons. The van der Waals surface area contributed by atoms with Crippen LogP contribution < -0.4 is 4.90 Å². The molecule has 1 atom stereocenters. The Labute approximate surface area is 160 Å². The molecule has 1 unspecified atom stereocenters. The normalized spacial score (nSPS) is 20.5. The fraction of sp³-hybridized carbons (Fsp3) is 0.409. The summed E-state index contributed by atoms with van der Waals surface area (Å²) in [6.45, 7) is 2.74. The van der Waals surface area contributed by atoms with Crippen molar-refractivity contribution in [2.45, 2.75) is 38.3 Å². The van der Waals surface area contributed by atoms with Gasteiger partial charge in [0.2, 0.25) is 5.91 Å². The number of aliphatic hydroxyl groups is 1. The molecule has 2 aromatic carbocycles. The van der Waals surface area contributed by atoms with Crippen LogP contribution in [-0.4, -0.2) is 41.6 Å². The number of rotatable bonds is 6. The van der Waals surface area contributed by atoms with Crippen LogP contribution in [0.15, 0.2) is 60.7 Å². The fourth-order valence-corrected chi connectivity index (χ4v) is 3.47. The van der Waals surface area contributed by atoms with Gasteiger partial charge in [-0.3, -0.25) is 4.79 Å². The van der Waals surface area contributed by atoms with Crippen LogP contribution in [0.4, 0.5) is 5.69 Å². The van der Waals surface area contributed by atoms with Gasteiger partial charge >= 0.3 is 0 Å². The van der Waals surface area contributed by atoms with E-state index in [1.165, 1.54) is 6.92 Å². The predicted octanol–water partition coefficient (Wildman–Crippen LogP) is 3.63. The number of hydrogen-bond donors (Lipinski definition) is 1. The second kappa shape index (κ2) is 8.97. The number of carbonyl (C=O) groups is 1. The molecule has 1 fully saturated rings. The van der Waals surface area contributed by atoms with E-state index in [1.807, 2.05) is 53.4 Å². The third-order valence-electron chi connectivity index (χ3n) is 4.87. The van der Waals surface area contributed by atoms with E-state index in [0.29, 0.717) is 37.2 Å². The first-order chi connectivity index (χ1) is 13.7. The number of para-hydroxylation sites is 1. The van der Waals surface area contributed by atoms with Crippen LogP contribution in [0.25, 0.3) is 0 Å². The minimum atomic E-state index is -1.96. The first-order valence-corrected chi connectivity index (χ1v) is 9.07. The molecule has 1 N–H and O–H groups in total. The highest BCUT2D eigenvalue weighted by Gasteiger charge is 2.29. The Balaban J connectivity index is 1.69. The van der Waals surface area contributed by atoms with Gasteiger partial charge in [-0.15, -0.1) is 0 Å². The number of hydrogen-bond acceptors (Lipinski definition) is 3. The molecule has 4 heteroatoms. The van der Waals surface area contributed by atoms with Crippen molar-refractivity contribution in [2.75, 3.05) is 24.5 Å². The third-order valence-corrected chi connectivity index (χ3v) is 4.87. The lowest BCUT2D eigenvalue weighted by Gasteiger charge is -2.39. The summed E-state index contributed by atoms with van der Waals surface area (Å²) in [5, 5.41) is 10.6. The van der Waals surface area contributed by atoms with Crippen molar-refractivity contribution >= 4 is 11.6 Å². The van der Waals surface area contributed by atoms with Crippen molar-refractivity contribution in [1.29, 1.82) is 0 Å². The SMILES string of the molecule is [2H]C([2H])(C)C(=O)N(c1ccccc1)C1CCN(CC([2H])(O)c2ccccc2)CC1. The number of carbonyl (C=O) groups excluding carboxylic acids is 1. The molecule has 4 nitrogen and oxygen atoms in total. The summed E-state index contributed by atoms with van der Waals surface area (Å²) in [5.41, 5.74) is 1.25. The number of anilines is 1. The number of β-amino-alcohol motifs (C(OH)–C–C–N with tert-alkyl or cyclic N) is 1. The molecule has 0 spiro atoms. The fourth-order valence-electron chi connectivity index (χ4n) is 3.47. The second-order valence-corrected chi connectivity index (χ2v) is 6.58. The van der Waals surface area contributed by atoms with E-state index in [-0.39, 0.29) is 12.6 Å². The van der Waals surface area contributed by atoms with Gasteiger partial charge in [0.25, 0.3) is 0 Å². The monoisotopic (exact) mass is 355 g/mol. The van der Waals surface area contributed by atoms with Gasteiger partial charge in [0.1, 0.15) is 0 Å². The predicted molar refractivity (Wildman–Crippen MR) is 105 cm³/mol. The van der Waals surface area contributed by atoms with Crippen LogP contribution in [-0.2, 0) is 4.79 Å². The van der Waals surface area contributed by atoms with Crippen molar-refractivity contribution in [3.8, 4) is 0 Å². The molecule has 0 bridgehead atoms. The van der Waals surface area contributed by atoms with Crippen LogP contribution in [0.1, 0.15) is 41.9 Å². The van der Waals surface area contributed by atoms with Crippen LogP contribution in [0.5, 0.6) is 0 Å². The van der Waals surface area contributed by atoms with Gasteiger partial charge in [-0.2, -0.15) is 0 Å². The lowest BCUT2D eigenvalue weighted by atomic mass is 10.0. The molecule has 2 aromatic rings. The molecule has 0 aromatic heterocycles. The van der Waals surface area contributed by atoms with E-state index >= 15 is 0 Å². The van der Waals surface area contributed by atoms with Crippen molar-refractivity contribution in [3.63, 3.8) is 0 Å². The van der Waals surface area contributed by atoms with Crippen molar-refractivity contribution in [3.05, 3.63) is 66.2 Å². The molecule has 26 heavy (non-hydrogen) atoms. The van der Waals surface area contributed by atoms with Gasteiger partial charge in [0, 0.05) is 40.5 Å². The smallest absolute Gasteiger partial charge is 0.226 e. The van der Waals surface area contributed by atoms with E-state index in [1.54, 1.807) is 17.0 Å². The van der Waals surface area contributed by atoms with Crippen molar-refractivity contribution < 1.29 is 14.0 Å². The summed E-state index contributed by atoms with van der Waals surface area (Å²) in [6, 6.07) is 18.1. The molecule has 1 aliphatic rings. The number of likely N-dealkylation sites (tertiary alicyclic amines) is 1. The number of benzene rings is 2.